The van der Waals surface area contributed by atoms with Gasteiger partial charge in [-0.1, -0.05) is 0 Å². The predicted octanol–water partition coefficient (Wildman–Crippen LogP) is 2.63. The summed E-state index contributed by atoms with van der Waals surface area (Å²) < 4.78 is 5.19. The van der Waals surface area contributed by atoms with Gasteiger partial charge in [-0.2, -0.15) is 0 Å². The third-order valence-corrected chi connectivity index (χ3v) is 3.22. The van der Waals surface area contributed by atoms with Crippen LogP contribution in [0.25, 0.3) is 0 Å². The van der Waals surface area contributed by atoms with Crippen LogP contribution in [0.1, 0.15) is 38.8 Å². The second kappa shape index (κ2) is 12.7. The maximum absolute atomic E-state index is 11.6. The fourth-order valence-electron chi connectivity index (χ4n) is 2.07. The van der Waals surface area contributed by atoms with Gasteiger partial charge in [0.15, 0.2) is 5.96 Å². The molecule has 0 atom stereocenters. The number of halogens is 1. The van der Waals surface area contributed by atoms with E-state index in [4.69, 9.17) is 4.74 Å². The van der Waals surface area contributed by atoms with Crippen LogP contribution in [0.5, 0.6) is 0 Å². The van der Waals surface area contributed by atoms with Crippen LogP contribution >= 0.6 is 24.0 Å². The average Bonchev–Trinajstić information content (AvgIpc) is 2.51. The molecule has 26 heavy (non-hydrogen) atoms. The fourth-order valence-corrected chi connectivity index (χ4v) is 2.07. The Morgan fingerprint density at radius 3 is 2.54 bits per heavy atom. The van der Waals surface area contributed by atoms with E-state index in [0.29, 0.717) is 19.6 Å². The van der Waals surface area contributed by atoms with Crippen molar-refractivity contribution in [2.45, 2.75) is 46.6 Å². The van der Waals surface area contributed by atoms with Crippen LogP contribution in [0.15, 0.2) is 23.5 Å². The Morgan fingerprint density at radius 2 is 1.92 bits per heavy atom. The van der Waals surface area contributed by atoms with E-state index in [1.54, 1.807) is 6.20 Å². The summed E-state index contributed by atoms with van der Waals surface area (Å²) in [5.41, 5.74) is 1.94. The third kappa shape index (κ3) is 11.1. The minimum Gasteiger partial charge on any atom is -0.444 e. The molecule has 0 unspecified atom stereocenters. The lowest BCUT2D eigenvalue weighted by atomic mass is 10.1. The van der Waals surface area contributed by atoms with Crippen LogP contribution in [0.3, 0.4) is 0 Å². The third-order valence-electron chi connectivity index (χ3n) is 3.22. The minimum atomic E-state index is -0.487. The predicted molar refractivity (Wildman–Crippen MR) is 116 cm³/mol. The number of pyridine rings is 1. The summed E-state index contributed by atoms with van der Waals surface area (Å²) in [6.07, 6.45) is 4.12. The molecular weight excluding hydrogens is 445 g/mol. The average molecular weight is 477 g/mol. The molecule has 0 aliphatic carbocycles. The van der Waals surface area contributed by atoms with Crippen LogP contribution in [0.4, 0.5) is 4.79 Å². The fraction of sp³-hybridized carbons (Fsp3) is 0.611. The van der Waals surface area contributed by atoms with Crippen LogP contribution < -0.4 is 16.0 Å². The highest BCUT2D eigenvalue weighted by Gasteiger charge is 2.15. The summed E-state index contributed by atoms with van der Waals surface area (Å²) in [5.74, 6) is 0.736. The van der Waals surface area contributed by atoms with Crippen molar-refractivity contribution >= 4 is 36.0 Å². The monoisotopic (exact) mass is 477 g/mol. The van der Waals surface area contributed by atoms with Gasteiger partial charge >= 0.3 is 6.09 Å². The summed E-state index contributed by atoms with van der Waals surface area (Å²) in [6.45, 7) is 12.1. The van der Waals surface area contributed by atoms with Gasteiger partial charge in [-0.05, 0) is 58.2 Å². The lowest BCUT2D eigenvalue weighted by Crippen LogP contribution is -2.42. The van der Waals surface area contributed by atoms with E-state index in [0.717, 1.165) is 18.9 Å². The van der Waals surface area contributed by atoms with E-state index >= 15 is 0 Å². The number of nitrogens with zero attached hydrogens (tertiary/aromatic N) is 2. The molecule has 0 bridgehead atoms. The van der Waals surface area contributed by atoms with Crippen LogP contribution in [-0.2, 0) is 11.2 Å². The maximum Gasteiger partial charge on any atom is 0.407 e. The zero-order chi connectivity index (χ0) is 18.7. The first-order valence-corrected chi connectivity index (χ1v) is 8.70. The maximum atomic E-state index is 11.6. The number of alkyl carbamates (subject to hydrolysis) is 1. The summed E-state index contributed by atoms with van der Waals surface area (Å²) in [6, 6.07) is 2.02. The minimum absolute atomic E-state index is 0. The Labute approximate surface area is 173 Å². The molecule has 0 fully saturated rings. The largest absolute Gasteiger partial charge is 0.444 e. The highest BCUT2D eigenvalue weighted by atomic mass is 127. The summed E-state index contributed by atoms with van der Waals surface area (Å²) in [5, 5.41) is 9.10. The molecule has 0 aliphatic heterocycles. The van der Waals surface area contributed by atoms with Crippen molar-refractivity contribution in [2.75, 3.05) is 26.2 Å². The van der Waals surface area contributed by atoms with E-state index in [2.05, 4.69) is 32.9 Å². The molecule has 1 rings (SSSR count). The van der Waals surface area contributed by atoms with Crippen molar-refractivity contribution in [3.05, 3.63) is 29.6 Å². The molecule has 0 aliphatic rings. The first-order valence-electron chi connectivity index (χ1n) is 8.70. The molecule has 148 valence electrons. The molecule has 1 aromatic heterocycles. The molecule has 0 spiro atoms. The van der Waals surface area contributed by atoms with E-state index in [1.165, 1.54) is 11.1 Å². The standard InChI is InChI=1S/C18H31N5O2.HI/c1-6-20-16(21-10-8-15-7-9-19-13-14(15)2)22-11-12-23-17(24)25-18(3,4)5;/h7,9,13H,6,8,10-12H2,1-5H3,(H,23,24)(H2,20,21,22);1H. The number of amides is 1. The molecule has 7 nitrogen and oxygen atoms in total. The van der Waals surface area contributed by atoms with Gasteiger partial charge in [-0.25, -0.2) is 4.79 Å². The van der Waals surface area contributed by atoms with Crippen molar-refractivity contribution in [3.63, 3.8) is 0 Å². The molecule has 1 aromatic rings. The molecule has 8 heteroatoms. The van der Waals surface area contributed by atoms with Gasteiger partial charge in [0.1, 0.15) is 5.60 Å². The van der Waals surface area contributed by atoms with Gasteiger partial charge in [0.25, 0.3) is 0 Å². The Kier molecular flexibility index (Phi) is 11.9. The van der Waals surface area contributed by atoms with Gasteiger partial charge < -0.3 is 20.7 Å². The van der Waals surface area contributed by atoms with Crippen molar-refractivity contribution in [1.82, 2.24) is 20.9 Å². The van der Waals surface area contributed by atoms with Crippen LogP contribution in [-0.4, -0.2) is 48.8 Å². The van der Waals surface area contributed by atoms with E-state index in [9.17, 15) is 4.79 Å². The Balaban J connectivity index is 0.00000625. The van der Waals surface area contributed by atoms with Crippen LogP contribution in [0.2, 0.25) is 0 Å². The number of ether oxygens (including phenoxy) is 1. The molecular formula is C18H32IN5O2. The number of carbonyl (C=O) groups excluding carboxylic acids is 1. The molecule has 0 saturated carbocycles. The van der Waals surface area contributed by atoms with Crippen LogP contribution in [0, 0.1) is 6.92 Å². The lowest BCUT2D eigenvalue weighted by Gasteiger charge is -2.19. The zero-order valence-corrected chi connectivity index (χ0v) is 18.7. The molecule has 0 aromatic carbocycles. The smallest absolute Gasteiger partial charge is 0.407 e. The molecule has 0 saturated heterocycles. The van der Waals surface area contributed by atoms with Gasteiger partial charge in [0.05, 0.1) is 0 Å². The van der Waals surface area contributed by atoms with E-state index < -0.39 is 11.7 Å². The van der Waals surface area contributed by atoms with Gasteiger partial charge in [0.2, 0.25) is 0 Å². The number of aromatic nitrogens is 1. The topological polar surface area (TPSA) is 87.6 Å². The Hall–Kier alpha value is -1.58. The number of hydrogen-bond donors (Lipinski definition) is 3. The zero-order valence-electron chi connectivity index (χ0n) is 16.4. The first kappa shape index (κ1) is 24.4. The second-order valence-electron chi connectivity index (χ2n) is 6.67. The number of hydrogen-bond acceptors (Lipinski definition) is 4. The Bertz CT molecular complexity index is 573. The van der Waals surface area contributed by atoms with Gasteiger partial charge in [-0.3, -0.25) is 9.98 Å². The first-order chi connectivity index (χ1) is 11.8. The number of aliphatic imine (C=N–C) groups is 1. The number of carbonyl (C=O) groups is 1. The van der Waals surface area contributed by atoms with Crippen molar-refractivity contribution in [1.29, 1.82) is 0 Å². The molecule has 3 N–H and O–H groups in total. The highest BCUT2D eigenvalue weighted by Crippen LogP contribution is 2.06. The second-order valence-corrected chi connectivity index (χ2v) is 6.67. The lowest BCUT2D eigenvalue weighted by molar-refractivity contribution is 0.0529. The van der Waals surface area contributed by atoms with Crippen molar-refractivity contribution in [3.8, 4) is 0 Å². The van der Waals surface area contributed by atoms with Crippen molar-refractivity contribution in [2.24, 2.45) is 4.99 Å². The van der Waals surface area contributed by atoms with E-state index in [1.807, 2.05) is 40.0 Å². The van der Waals surface area contributed by atoms with Crippen molar-refractivity contribution < 1.29 is 9.53 Å². The SMILES string of the molecule is CCNC(=NCCc1ccncc1C)NCCNC(=O)OC(C)(C)C.I. The van der Waals surface area contributed by atoms with Gasteiger partial charge in [-0.15, -0.1) is 24.0 Å². The quantitative estimate of drug-likeness (QED) is 0.243. The Morgan fingerprint density at radius 1 is 1.23 bits per heavy atom. The van der Waals surface area contributed by atoms with E-state index in [-0.39, 0.29) is 24.0 Å². The van der Waals surface area contributed by atoms with Gasteiger partial charge in [0, 0.05) is 38.6 Å². The normalized spacial score (nSPS) is 11.3. The number of rotatable bonds is 7. The summed E-state index contributed by atoms with van der Waals surface area (Å²) >= 11 is 0. The number of nitrogens with one attached hydrogen (secondary N) is 3. The summed E-state index contributed by atoms with van der Waals surface area (Å²) in [7, 11) is 0. The highest BCUT2D eigenvalue weighted by molar-refractivity contribution is 14.0. The number of aryl methyl sites for hydroxylation is 1. The summed E-state index contributed by atoms with van der Waals surface area (Å²) in [4.78, 5) is 20.2. The molecule has 1 amide bonds. The number of guanidine groups is 1. The molecule has 0 radical (unpaired) electrons. The molecule has 1 heterocycles.